The zero-order valence-corrected chi connectivity index (χ0v) is 9.32. The van der Waals surface area contributed by atoms with Crippen LogP contribution >= 0.6 is 11.6 Å². The molecule has 0 saturated carbocycles. The molecule has 0 spiro atoms. The summed E-state index contributed by atoms with van der Waals surface area (Å²) in [6.45, 7) is 0. The topological polar surface area (TPSA) is 39.2 Å². The second kappa shape index (κ2) is 4.93. The Hall–Kier alpha value is -1.94. The van der Waals surface area contributed by atoms with Gasteiger partial charge in [-0.05, 0) is 24.3 Å². The zero-order chi connectivity index (χ0) is 12.3. The van der Waals surface area contributed by atoms with Crippen LogP contribution < -0.4 is 4.74 Å². The summed E-state index contributed by atoms with van der Waals surface area (Å²) in [5.74, 6) is -0.0565. The van der Waals surface area contributed by atoms with Crippen LogP contribution in [0, 0.1) is 5.82 Å². The molecular weight excluding hydrogens is 245 g/mol. The molecule has 1 aromatic carbocycles. The van der Waals surface area contributed by atoms with Crippen LogP contribution in [-0.4, -0.2) is 11.3 Å². The van der Waals surface area contributed by atoms with E-state index in [1.165, 1.54) is 24.4 Å². The van der Waals surface area contributed by atoms with E-state index in [2.05, 4.69) is 4.98 Å². The Labute approximate surface area is 102 Å². The van der Waals surface area contributed by atoms with Gasteiger partial charge in [0.25, 0.3) is 0 Å². The van der Waals surface area contributed by atoms with Gasteiger partial charge in [0.05, 0.1) is 10.6 Å². The fourth-order valence-electron chi connectivity index (χ4n) is 1.23. The lowest BCUT2D eigenvalue weighted by atomic mass is 10.3. The molecule has 0 bridgehead atoms. The number of carbonyl (C=O) groups excluding carboxylic acids is 1. The molecule has 1 aromatic heterocycles. The van der Waals surface area contributed by atoms with Crippen LogP contribution in [0.25, 0.3) is 0 Å². The summed E-state index contributed by atoms with van der Waals surface area (Å²) in [4.78, 5) is 14.6. The highest BCUT2D eigenvalue weighted by molar-refractivity contribution is 6.30. The van der Waals surface area contributed by atoms with Crippen LogP contribution in [0.3, 0.4) is 0 Å². The second-order valence-electron chi connectivity index (χ2n) is 3.19. The van der Waals surface area contributed by atoms with Crippen molar-refractivity contribution in [1.82, 2.24) is 4.98 Å². The van der Waals surface area contributed by atoms with Crippen molar-refractivity contribution in [2.75, 3.05) is 0 Å². The molecule has 1 heterocycles. The van der Waals surface area contributed by atoms with Gasteiger partial charge in [0.15, 0.2) is 6.29 Å². The highest BCUT2D eigenvalue weighted by Gasteiger charge is 2.07. The van der Waals surface area contributed by atoms with Crippen molar-refractivity contribution in [2.45, 2.75) is 0 Å². The molecular formula is C12H7ClFNO2. The van der Waals surface area contributed by atoms with Gasteiger partial charge in [0, 0.05) is 12.3 Å². The normalized spacial score (nSPS) is 10.0. The Morgan fingerprint density at radius 1 is 1.35 bits per heavy atom. The van der Waals surface area contributed by atoms with E-state index in [0.29, 0.717) is 17.6 Å². The maximum Gasteiger partial charge on any atom is 0.229 e. The Morgan fingerprint density at radius 3 is 2.88 bits per heavy atom. The molecule has 0 aliphatic rings. The molecule has 2 rings (SSSR count). The minimum absolute atomic E-state index is 0.0499. The van der Waals surface area contributed by atoms with Crippen LogP contribution in [0.2, 0.25) is 5.02 Å². The average Bonchev–Trinajstić information content (AvgIpc) is 2.34. The summed E-state index contributed by atoms with van der Waals surface area (Å²) in [7, 11) is 0. The first-order chi connectivity index (χ1) is 8.20. The van der Waals surface area contributed by atoms with Crippen molar-refractivity contribution in [3.8, 4) is 11.6 Å². The molecule has 0 radical (unpaired) electrons. The molecule has 0 N–H and O–H groups in total. The minimum Gasteiger partial charge on any atom is -0.438 e. The van der Waals surface area contributed by atoms with Crippen molar-refractivity contribution in [2.24, 2.45) is 0 Å². The van der Waals surface area contributed by atoms with Crippen LogP contribution in [0.5, 0.6) is 11.6 Å². The van der Waals surface area contributed by atoms with Crippen molar-refractivity contribution in [1.29, 1.82) is 0 Å². The molecule has 86 valence electrons. The van der Waals surface area contributed by atoms with Gasteiger partial charge in [0.1, 0.15) is 11.6 Å². The van der Waals surface area contributed by atoms with Crippen molar-refractivity contribution in [3.05, 3.63) is 52.9 Å². The highest BCUT2D eigenvalue weighted by Crippen LogP contribution is 2.26. The van der Waals surface area contributed by atoms with E-state index in [1.54, 1.807) is 12.1 Å². The maximum absolute atomic E-state index is 12.9. The van der Waals surface area contributed by atoms with Crippen LogP contribution in [0.15, 0.2) is 36.5 Å². The van der Waals surface area contributed by atoms with Gasteiger partial charge in [-0.2, -0.15) is 0 Å². The summed E-state index contributed by atoms with van der Waals surface area (Å²) in [5.41, 5.74) is 0.313. The molecule has 3 nitrogen and oxygen atoms in total. The van der Waals surface area contributed by atoms with Crippen molar-refractivity contribution >= 4 is 17.9 Å². The number of nitrogens with zero attached hydrogens (tertiary/aromatic N) is 1. The van der Waals surface area contributed by atoms with E-state index < -0.39 is 5.82 Å². The van der Waals surface area contributed by atoms with E-state index in [4.69, 9.17) is 16.3 Å². The molecule has 0 fully saturated rings. The summed E-state index contributed by atoms with van der Waals surface area (Å²) < 4.78 is 18.3. The van der Waals surface area contributed by atoms with Gasteiger partial charge in [-0.25, -0.2) is 9.37 Å². The lowest BCUT2D eigenvalue weighted by Crippen LogP contribution is -1.93. The number of halogens is 2. The number of carbonyl (C=O) groups is 1. The van der Waals surface area contributed by atoms with Gasteiger partial charge in [-0.15, -0.1) is 0 Å². The molecule has 0 aliphatic carbocycles. The van der Waals surface area contributed by atoms with Gasteiger partial charge in [-0.1, -0.05) is 11.6 Å². The molecule has 0 amide bonds. The Bertz CT molecular complexity index is 560. The Morgan fingerprint density at radius 2 is 2.18 bits per heavy atom. The fourth-order valence-corrected chi connectivity index (χ4v) is 1.40. The first kappa shape index (κ1) is 11.5. The largest absolute Gasteiger partial charge is 0.438 e. The monoisotopic (exact) mass is 251 g/mol. The average molecular weight is 252 g/mol. The number of ether oxygens (including phenoxy) is 1. The third kappa shape index (κ3) is 2.60. The van der Waals surface area contributed by atoms with Crippen LogP contribution in [0.1, 0.15) is 10.4 Å². The standard InChI is InChI=1S/C12H7ClFNO2/c13-10-6-9(3-4-11(10)14)17-12-8(7-16)2-1-5-15-12/h1-7H. The van der Waals surface area contributed by atoms with E-state index in [0.717, 1.165) is 0 Å². The van der Waals surface area contributed by atoms with E-state index in [1.807, 2.05) is 0 Å². The third-order valence-corrected chi connectivity index (χ3v) is 2.32. The third-order valence-electron chi connectivity index (χ3n) is 2.03. The molecule has 2 aromatic rings. The number of pyridine rings is 1. The second-order valence-corrected chi connectivity index (χ2v) is 3.60. The quantitative estimate of drug-likeness (QED) is 0.784. The molecule has 5 heteroatoms. The lowest BCUT2D eigenvalue weighted by molar-refractivity contribution is 0.112. The molecule has 0 unspecified atom stereocenters. The predicted octanol–water partition coefficient (Wildman–Crippen LogP) is 3.48. The van der Waals surface area contributed by atoms with Crippen molar-refractivity contribution < 1.29 is 13.9 Å². The highest BCUT2D eigenvalue weighted by atomic mass is 35.5. The number of hydrogen-bond acceptors (Lipinski definition) is 3. The molecule has 17 heavy (non-hydrogen) atoms. The molecule has 0 atom stereocenters. The van der Waals surface area contributed by atoms with E-state index in [9.17, 15) is 9.18 Å². The van der Waals surface area contributed by atoms with Gasteiger partial charge in [0.2, 0.25) is 5.88 Å². The molecule has 0 saturated heterocycles. The first-order valence-corrected chi connectivity index (χ1v) is 5.11. The number of benzene rings is 1. The molecule has 0 aliphatic heterocycles. The number of hydrogen-bond donors (Lipinski definition) is 0. The Kier molecular flexibility index (Phi) is 3.35. The minimum atomic E-state index is -0.532. The van der Waals surface area contributed by atoms with Gasteiger partial charge < -0.3 is 4.74 Å². The Balaban J connectivity index is 2.31. The smallest absolute Gasteiger partial charge is 0.229 e. The van der Waals surface area contributed by atoms with Crippen LogP contribution in [0.4, 0.5) is 4.39 Å². The fraction of sp³-hybridized carbons (Fsp3) is 0. The van der Waals surface area contributed by atoms with Crippen LogP contribution in [-0.2, 0) is 0 Å². The SMILES string of the molecule is O=Cc1cccnc1Oc1ccc(F)c(Cl)c1. The van der Waals surface area contributed by atoms with Crippen molar-refractivity contribution in [3.63, 3.8) is 0 Å². The summed E-state index contributed by atoms with van der Waals surface area (Å²) in [5, 5.41) is -0.0499. The number of aromatic nitrogens is 1. The predicted molar refractivity (Wildman–Crippen MR) is 61.1 cm³/mol. The first-order valence-electron chi connectivity index (χ1n) is 4.74. The van der Waals surface area contributed by atoms with E-state index >= 15 is 0 Å². The lowest BCUT2D eigenvalue weighted by Gasteiger charge is -2.06. The van der Waals surface area contributed by atoms with Gasteiger partial charge in [-0.3, -0.25) is 4.79 Å². The maximum atomic E-state index is 12.9. The summed E-state index contributed by atoms with van der Waals surface area (Å²) in [6, 6.07) is 7.10. The number of rotatable bonds is 3. The summed E-state index contributed by atoms with van der Waals surface area (Å²) >= 11 is 5.61. The summed E-state index contributed by atoms with van der Waals surface area (Å²) in [6.07, 6.45) is 2.13. The van der Waals surface area contributed by atoms with Gasteiger partial charge >= 0.3 is 0 Å². The zero-order valence-electron chi connectivity index (χ0n) is 8.56. The van der Waals surface area contributed by atoms with E-state index in [-0.39, 0.29) is 10.9 Å². The number of aldehydes is 1.